The summed E-state index contributed by atoms with van der Waals surface area (Å²) < 4.78 is 1.45. The molecule has 1 aromatic carbocycles. The normalized spacial score (nSPS) is 11.3. The van der Waals surface area contributed by atoms with Crippen molar-refractivity contribution in [3.05, 3.63) is 69.6 Å². The third kappa shape index (κ3) is 4.09. The van der Waals surface area contributed by atoms with Gasteiger partial charge in [0.15, 0.2) is 0 Å². The molecule has 1 aromatic heterocycles. The van der Waals surface area contributed by atoms with E-state index in [2.05, 4.69) is 32.9 Å². The van der Waals surface area contributed by atoms with Crippen molar-refractivity contribution in [2.45, 2.75) is 32.7 Å². The lowest BCUT2D eigenvalue weighted by Gasteiger charge is -2.21. The van der Waals surface area contributed by atoms with Gasteiger partial charge in [-0.05, 0) is 22.6 Å². The molecule has 4 heteroatoms. The Morgan fingerprint density at radius 1 is 1.13 bits per heavy atom. The average molecular weight is 312 g/mol. The van der Waals surface area contributed by atoms with Crippen molar-refractivity contribution in [3.8, 4) is 0 Å². The lowest BCUT2D eigenvalue weighted by atomic mass is 9.87. The molecule has 0 aliphatic heterocycles. The van der Waals surface area contributed by atoms with Gasteiger partial charge in [0.2, 0.25) is 0 Å². The van der Waals surface area contributed by atoms with Crippen LogP contribution < -0.4 is 5.56 Å². The quantitative estimate of drug-likeness (QED) is 0.874. The number of hydrogen-bond donors (Lipinski definition) is 0. The first-order valence-corrected chi connectivity index (χ1v) is 7.70. The van der Waals surface area contributed by atoms with Gasteiger partial charge in [0.05, 0.1) is 0 Å². The molecular formula is C19H24N2O2. The van der Waals surface area contributed by atoms with Crippen molar-refractivity contribution in [1.82, 2.24) is 9.47 Å². The number of carbonyl (C=O) groups excluding carboxylic acids is 1. The van der Waals surface area contributed by atoms with Crippen LogP contribution in [0, 0.1) is 0 Å². The Hall–Kier alpha value is -2.36. The molecule has 0 atom stereocenters. The van der Waals surface area contributed by atoms with Gasteiger partial charge in [-0.15, -0.1) is 0 Å². The van der Waals surface area contributed by atoms with Gasteiger partial charge in [-0.25, -0.2) is 0 Å². The first-order valence-electron chi connectivity index (χ1n) is 7.70. The maximum absolute atomic E-state index is 12.4. The smallest absolute Gasteiger partial charge is 0.254 e. The fourth-order valence-electron chi connectivity index (χ4n) is 2.36. The summed E-state index contributed by atoms with van der Waals surface area (Å²) in [7, 11) is 3.41. The van der Waals surface area contributed by atoms with Crippen molar-refractivity contribution >= 4 is 5.91 Å². The highest BCUT2D eigenvalue weighted by Gasteiger charge is 2.15. The van der Waals surface area contributed by atoms with E-state index in [1.807, 2.05) is 12.1 Å². The zero-order valence-corrected chi connectivity index (χ0v) is 14.5. The Kier molecular flexibility index (Phi) is 4.73. The van der Waals surface area contributed by atoms with E-state index in [9.17, 15) is 9.59 Å². The third-order valence-corrected chi connectivity index (χ3v) is 3.94. The van der Waals surface area contributed by atoms with Crippen LogP contribution in [-0.4, -0.2) is 22.4 Å². The number of benzene rings is 1. The Morgan fingerprint density at radius 2 is 1.74 bits per heavy atom. The number of hydrogen-bond acceptors (Lipinski definition) is 2. The van der Waals surface area contributed by atoms with Crippen LogP contribution in [0.4, 0.5) is 0 Å². The molecule has 1 amide bonds. The minimum Gasteiger partial charge on any atom is -0.337 e. The first-order chi connectivity index (χ1) is 10.7. The zero-order valence-electron chi connectivity index (χ0n) is 14.5. The van der Waals surface area contributed by atoms with Crippen molar-refractivity contribution in [3.63, 3.8) is 0 Å². The molecule has 0 saturated heterocycles. The summed E-state index contributed by atoms with van der Waals surface area (Å²) in [5.74, 6) is -0.150. The standard InChI is InChI=1S/C19H24N2O2/c1-19(2,3)16-8-6-14(7-9-16)13-21(5)18(23)15-10-11-20(4)17(22)12-15/h6-12H,13H2,1-5H3. The molecule has 0 saturated carbocycles. The number of aryl methyl sites for hydroxylation is 1. The Morgan fingerprint density at radius 3 is 2.26 bits per heavy atom. The minimum atomic E-state index is -0.182. The predicted molar refractivity (Wildman–Crippen MR) is 92.6 cm³/mol. The van der Waals surface area contributed by atoms with Gasteiger partial charge in [0, 0.05) is 38.5 Å². The fraction of sp³-hybridized carbons (Fsp3) is 0.368. The van der Waals surface area contributed by atoms with E-state index in [4.69, 9.17) is 0 Å². The lowest BCUT2D eigenvalue weighted by molar-refractivity contribution is 0.0784. The number of aromatic nitrogens is 1. The van der Waals surface area contributed by atoms with Crippen LogP contribution in [0.1, 0.15) is 42.3 Å². The van der Waals surface area contributed by atoms with Crippen molar-refractivity contribution in [2.24, 2.45) is 7.05 Å². The summed E-state index contributed by atoms with van der Waals surface area (Å²) in [5.41, 5.74) is 2.69. The highest BCUT2D eigenvalue weighted by Crippen LogP contribution is 2.22. The minimum absolute atomic E-state index is 0.115. The monoisotopic (exact) mass is 312 g/mol. The molecule has 0 radical (unpaired) electrons. The largest absolute Gasteiger partial charge is 0.337 e. The van der Waals surface area contributed by atoms with E-state index < -0.39 is 0 Å². The highest BCUT2D eigenvalue weighted by atomic mass is 16.2. The first kappa shape index (κ1) is 17.0. The van der Waals surface area contributed by atoms with Crippen LogP contribution in [0.25, 0.3) is 0 Å². The van der Waals surface area contributed by atoms with Crippen LogP contribution in [0.3, 0.4) is 0 Å². The zero-order chi connectivity index (χ0) is 17.2. The van der Waals surface area contributed by atoms with Crippen LogP contribution in [0.2, 0.25) is 0 Å². The molecule has 2 aromatic rings. The summed E-state index contributed by atoms with van der Waals surface area (Å²) in [5, 5.41) is 0. The van der Waals surface area contributed by atoms with Crippen LogP contribution in [0.5, 0.6) is 0 Å². The molecule has 0 spiro atoms. The van der Waals surface area contributed by atoms with Gasteiger partial charge in [-0.2, -0.15) is 0 Å². The van der Waals surface area contributed by atoms with E-state index >= 15 is 0 Å². The summed E-state index contributed by atoms with van der Waals surface area (Å²) in [6.45, 7) is 7.03. The Bertz CT molecular complexity index is 752. The van der Waals surface area contributed by atoms with E-state index in [-0.39, 0.29) is 16.9 Å². The Balaban J connectivity index is 2.11. The van der Waals surface area contributed by atoms with Gasteiger partial charge in [-0.1, -0.05) is 45.0 Å². The second-order valence-electron chi connectivity index (χ2n) is 6.97. The number of pyridine rings is 1. The summed E-state index contributed by atoms with van der Waals surface area (Å²) >= 11 is 0. The molecule has 23 heavy (non-hydrogen) atoms. The SMILES string of the molecule is CN(Cc1ccc(C(C)(C)C)cc1)C(=O)c1ccn(C)c(=O)c1. The maximum Gasteiger partial charge on any atom is 0.254 e. The molecule has 0 bridgehead atoms. The van der Waals surface area contributed by atoms with Crippen LogP contribution >= 0.6 is 0 Å². The highest BCUT2D eigenvalue weighted by molar-refractivity contribution is 5.93. The third-order valence-electron chi connectivity index (χ3n) is 3.94. The average Bonchev–Trinajstić information content (AvgIpc) is 2.49. The molecule has 0 fully saturated rings. The van der Waals surface area contributed by atoms with Crippen molar-refractivity contribution in [2.75, 3.05) is 7.05 Å². The lowest BCUT2D eigenvalue weighted by Crippen LogP contribution is -2.28. The molecule has 0 aliphatic rings. The molecule has 0 aliphatic carbocycles. The second-order valence-corrected chi connectivity index (χ2v) is 6.97. The van der Waals surface area contributed by atoms with Crippen LogP contribution in [-0.2, 0) is 19.0 Å². The molecule has 0 unspecified atom stereocenters. The number of nitrogens with zero attached hydrogens (tertiary/aromatic N) is 2. The van der Waals surface area contributed by atoms with E-state index in [1.54, 1.807) is 31.3 Å². The second kappa shape index (κ2) is 6.41. The van der Waals surface area contributed by atoms with E-state index in [0.29, 0.717) is 12.1 Å². The predicted octanol–water partition coefficient (Wildman–Crippen LogP) is 2.96. The Labute approximate surface area is 137 Å². The van der Waals surface area contributed by atoms with E-state index in [0.717, 1.165) is 5.56 Å². The molecular weight excluding hydrogens is 288 g/mol. The fourth-order valence-corrected chi connectivity index (χ4v) is 2.36. The summed E-state index contributed by atoms with van der Waals surface area (Å²) in [4.78, 5) is 25.7. The number of carbonyl (C=O) groups is 1. The maximum atomic E-state index is 12.4. The van der Waals surface area contributed by atoms with Crippen molar-refractivity contribution < 1.29 is 4.79 Å². The van der Waals surface area contributed by atoms with E-state index in [1.165, 1.54) is 16.2 Å². The van der Waals surface area contributed by atoms with Gasteiger partial charge in [0.25, 0.3) is 11.5 Å². The van der Waals surface area contributed by atoms with Gasteiger partial charge in [-0.3, -0.25) is 9.59 Å². The van der Waals surface area contributed by atoms with Gasteiger partial charge in [0.1, 0.15) is 0 Å². The number of rotatable bonds is 3. The summed E-state index contributed by atoms with van der Waals surface area (Å²) in [6, 6.07) is 11.4. The molecule has 4 nitrogen and oxygen atoms in total. The number of amides is 1. The van der Waals surface area contributed by atoms with Gasteiger partial charge >= 0.3 is 0 Å². The molecule has 1 heterocycles. The molecule has 122 valence electrons. The summed E-state index contributed by atoms with van der Waals surface area (Å²) in [6.07, 6.45) is 1.61. The van der Waals surface area contributed by atoms with Gasteiger partial charge < -0.3 is 9.47 Å². The topological polar surface area (TPSA) is 42.3 Å². The van der Waals surface area contributed by atoms with Crippen LogP contribution in [0.15, 0.2) is 47.4 Å². The van der Waals surface area contributed by atoms with Crippen molar-refractivity contribution in [1.29, 1.82) is 0 Å². The molecule has 2 rings (SSSR count). The molecule has 0 N–H and O–H groups in total.